The molecule has 0 aliphatic carbocycles. The molecule has 0 aliphatic heterocycles. The van der Waals surface area contributed by atoms with Crippen LogP contribution < -0.4 is 5.32 Å². The van der Waals surface area contributed by atoms with Crippen LogP contribution in [0.1, 0.15) is 30.1 Å². The minimum atomic E-state index is -0.817. The Bertz CT molecular complexity index is 482. The Hall–Kier alpha value is -1.69. The fourth-order valence-electron chi connectivity index (χ4n) is 1.46. The number of amides is 1. The van der Waals surface area contributed by atoms with Crippen molar-refractivity contribution >= 4 is 23.2 Å². The lowest BCUT2D eigenvalue weighted by Gasteiger charge is -2.08. The summed E-state index contributed by atoms with van der Waals surface area (Å²) in [6.07, 6.45) is 1.37. The maximum Gasteiger partial charge on any atom is 0.273 e. The molecule has 1 amide bonds. The van der Waals surface area contributed by atoms with E-state index in [9.17, 15) is 19.3 Å². The second-order valence-electron chi connectivity index (χ2n) is 4.01. The summed E-state index contributed by atoms with van der Waals surface area (Å²) >= 11 is 5.89. The van der Waals surface area contributed by atoms with Crippen LogP contribution in [0.5, 0.6) is 0 Å². The Morgan fingerprint density at radius 1 is 1.53 bits per heavy atom. The standard InChI is InChI=1S/C12H14ClFN2O3/c1-2-9(13)3-4-15-12(17)8-5-10(14)7-11(6-8)16(18)19/h5-7,9H,2-4H2,1H3,(H,15,17). The first-order chi connectivity index (χ1) is 8.93. The topological polar surface area (TPSA) is 72.2 Å². The Kier molecular flexibility index (Phi) is 5.69. The number of halogens is 2. The molecule has 1 aromatic carbocycles. The molecule has 0 spiro atoms. The Labute approximate surface area is 114 Å². The molecule has 0 bridgehead atoms. The van der Waals surface area contributed by atoms with Crippen molar-refractivity contribution in [2.75, 3.05) is 6.54 Å². The van der Waals surface area contributed by atoms with Crippen LogP contribution in [0.4, 0.5) is 10.1 Å². The first-order valence-electron chi connectivity index (χ1n) is 5.81. The Morgan fingerprint density at radius 3 is 2.79 bits per heavy atom. The molecule has 0 aromatic heterocycles. The van der Waals surface area contributed by atoms with Crippen molar-refractivity contribution in [3.63, 3.8) is 0 Å². The second-order valence-corrected chi connectivity index (χ2v) is 4.62. The predicted molar refractivity (Wildman–Crippen MR) is 69.9 cm³/mol. The van der Waals surface area contributed by atoms with E-state index in [0.29, 0.717) is 13.0 Å². The van der Waals surface area contributed by atoms with Crippen molar-refractivity contribution in [1.82, 2.24) is 5.32 Å². The van der Waals surface area contributed by atoms with E-state index < -0.39 is 22.3 Å². The number of alkyl halides is 1. The van der Waals surface area contributed by atoms with Gasteiger partial charge in [0.2, 0.25) is 0 Å². The molecule has 1 N–H and O–H groups in total. The van der Waals surface area contributed by atoms with E-state index in [1.807, 2.05) is 6.92 Å². The van der Waals surface area contributed by atoms with Crippen LogP contribution in [-0.2, 0) is 0 Å². The molecule has 104 valence electrons. The number of carbonyl (C=O) groups is 1. The minimum Gasteiger partial charge on any atom is -0.352 e. The van der Waals surface area contributed by atoms with Crippen LogP contribution in [0.15, 0.2) is 18.2 Å². The van der Waals surface area contributed by atoms with Gasteiger partial charge in [-0.1, -0.05) is 6.92 Å². The Morgan fingerprint density at radius 2 is 2.21 bits per heavy atom. The summed E-state index contributed by atoms with van der Waals surface area (Å²) in [4.78, 5) is 21.5. The molecule has 1 rings (SSSR count). The van der Waals surface area contributed by atoms with Crippen LogP contribution in [-0.4, -0.2) is 22.8 Å². The second kappa shape index (κ2) is 7.04. The number of hydrogen-bond acceptors (Lipinski definition) is 3. The molecule has 0 aliphatic rings. The molecule has 1 unspecified atom stereocenters. The third-order valence-electron chi connectivity index (χ3n) is 2.54. The van der Waals surface area contributed by atoms with Crippen molar-refractivity contribution < 1.29 is 14.1 Å². The van der Waals surface area contributed by atoms with E-state index in [2.05, 4.69) is 5.32 Å². The van der Waals surface area contributed by atoms with Crippen LogP contribution in [0, 0.1) is 15.9 Å². The zero-order chi connectivity index (χ0) is 14.4. The molecule has 7 heteroatoms. The number of rotatable bonds is 6. The van der Waals surface area contributed by atoms with Gasteiger partial charge in [-0.15, -0.1) is 11.6 Å². The SMILES string of the molecule is CCC(Cl)CCNC(=O)c1cc(F)cc([N+](=O)[O-])c1. The monoisotopic (exact) mass is 288 g/mol. The summed E-state index contributed by atoms with van der Waals surface area (Å²) in [5.74, 6) is -1.37. The van der Waals surface area contributed by atoms with Gasteiger partial charge in [-0.3, -0.25) is 14.9 Å². The van der Waals surface area contributed by atoms with Crippen LogP contribution in [0.25, 0.3) is 0 Å². The third-order valence-corrected chi connectivity index (χ3v) is 3.07. The van der Waals surface area contributed by atoms with Gasteiger partial charge in [0.25, 0.3) is 11.6 Å². The highest BCUT2D eigenvalue weighted by atomic mass is 35.5. The van der Waals surface area contributed by atoms with Gasteiger partial charge in [0.1, 0.15) is 5.82 Å². The zero-order valence-corrected chi connectivity index (χ0v) is 11.1. The van der Waals surface area contributed by atoms with Gasteiger partial charge in [-0.2, -0.15) is 0 Å². The first kappa shape index (κ1) is 15.4. The van der Waals surface area contributed by atoms with Crippen molar-refractivity contribution in [2.24, 2.45) is 0 Å². The maximum absolute atomic E-state index is 13.1. The van der Waals surface area contributed by atoms with Gasteiger partial charge in [0.15, 0.2) is 0 Å². The number of nitrogens with zero attached hydrogens (tertiary/aromatic N) is 1. The molecule has 0 saturated heterocycles. The third kappa shape index (κ3) is 4.82. The number of carbonyl (C=O) groups excluding carboxylic acids is 1. The highest BCUT2D eigenvalue weighted by Crippen LogP contribution is 2.16. The normalized spacial score (nSPS) is 11.9. The molecule has 0 heterocycles. The lowest BCUT2D eigenvalue weighted by molar-refractivity contribution is -0.385. The lowest BCUT2D eigenvalue weighted by Crippen LogP contribution is -2.26. The molecule has 19 heavy (non-hydrogen) atoms. The zero-order valence-electron chi connectivity index (χ0n) is 10.4. The van der Waals surface area contributed by atoms with E-state index in [1.165, 1.54) is 0 Å². The summed E-state index contributed by atoms with van der Waals surface area (Å²) in [7, 11) is 0. The summed E-state index contributed by atoms with van der Waals surface area (Å²) in [5.41, 5.74) is -0.525. The van der Waals surface area contributed by atoms with E-state index >= 15 is 0 Å². The fraction of sp³-hybridized carbons (Fsp3) is 0.417. The highest BCUT2D eigenvalue weighted by Gasteiger charge is 2.14. The number of nitro benzene ring substituents is 1. The quantitative estimate of drug-likeness (QED) is 0.497. The molecular weight excluding hydrogens is 275 g/mol. The smallest absolute Gasteiger partial charge is 0.273 e. The van der Waals surface area contributed by atoms with Crippen LogP contribution in [0.2, 0.25) is 0 Å². The van der Waals surface area contributed by atoms with Crippen molar-refractivity contribution in [3.05, 3.63) is 39.7 Å². The van der Waals surface area contributed by atoms with Crippen molar-refractivity contribution in [3.8, 4) is 0 Å². The van der Waals surface area contributed by atoms with Crippen molar-refractivity contribution in [2.45, 2.75) is 25.1 Å². The number of nitro groups is 1. The summed E-state index contributed by atoms with van der Waals surface area (Å²) in [6, 6.07) is 2.76. The number of hydrogen-bond donors (Lipinski definition) is 1. The van der Waals surface area contributed by atoms with Crippen LogP contribution in [0.3, 0.4) is 0 Å². The van der Waals surface area contributed by atoms with E-state index in [-0.39, 0.29) is 10.9 Å². The molecule has 0 radical (unpaired) electrons. The van der Waals surface area contributed by atoms with Gasteiger partial charge in [-0.05, 0) is 18.9 Å². The van der Waals surface area contributed by atoms with E-state index in [4.69, 9.17) is 11.6 Å². The largest absolute Gasteiger partial charge is 0.352 e. The fourth-order valence-corrected chi connectivity index (χ4v) is 1.57. The summed E-state index contributed by atoms with van der Waals surface area (Å²) in [5, 5.41) is 13.1. The number of nitrogens with one attached hydrogen (secondary N) is 1. The van der Waals surface area contributed by atoms with Gasteiger partial charge in [-0.25, -0.2) is 4.39 Å². The van der Waals surface area contributed by atoms with Gasteiger partial charge in [0.05, 0.1) is 11.0 Å². The molecule has 1 atom stereocenters. The maximum atomic E-state index is 13.1. The Balaban J connectivity index is 2.69. The minimum absolute atomic E-state index is 0.0397. The average Bonchev–Trinajstić information content (AvgIpc) is 2.37. The van der Waals surface area contributed by atoms with Gasteiger partial charge >= 0.3 is 0 Å². The molecule has 5 nitrogen and oxygen atoms in total. The average molecular weight is 289 g/mol. The van der Waals surface area contributed by atoms with E-state index in [1.54, 1.807) is 0 Å². The first-order valence-corrected chi connectivity index (χ1v) is 6.25. The van der Waals surface area contributed by atoms with Crippen LogP contribution >= 0.6 is 11.6 Å². The lowest BCUT2D eigenvalue weighted by atomic mass is 10.1. The van der Waals surface area contributed by atoms with Gasteiger partial charge < -0.3 is 5.32 Å². The number of benzene rings is 1. The summed E-state index contributed by atoms with van der Waals surface area (Å²) in [6.45, 7) is 2.26. The molecular formula is C12H14ClFN2O3. The molecule has 0 fully saturated rings. The number of non-ortho nitro benzene ring substituents is 1. The van der Waals surface area contributed by atoms with Gasteiger partial charge in [0, 0.05) is 23.6 Å². The molecule has 0 saturated carbocycles. The van der Waals surface area contributed by atoms with Crippen molar-refractivity contribution in [1.29, 1.82) is 0 Å². The molecule has 1 aromatic rings. The predicted octanol–water partition coefficient (Wildman–Crippen LogP) is 2.87. The highest BCUT2D eigenvalue weighted by molar-refractivity contribution is 6.20. The van der Waals surface area contributed by atoms with E-state index in [0.717, 1.165) is 24.6 Å². The summed E-state index contributed by atoms with van der Waals surface area (Å²) < 4.78 is 13.1.